The van der Waals surface area contributed by atoms with Crippen LogP contribution >= 0.6 is 11.8 Å². The van der Waals surface area contributed by atoms with Crippen LogP contribution in [-0.2, 0) is 9.53 Å². The highest BCUT2D eigenvalue weighted by atomic mass is 32.2. The zero-order chi connectivity index (χ0) is 22.1. The van der Waals surface area contributed by atoms with Gasteiger partial charge in [0.25, 0.3) is 5.69 Å². The number of carbonyl (C=O) groups is 3. The standard InChI is InChI=1S/C20H21N3O6S/c1-2-3-10-29-20(26)13-4-7-15(8-5-13)22-18(24)12-30-17-9-6-14(19(21)25)11-16(17)23(27)28/h4-9,11H,2-3,10,12H2,1H3,(H2,21,25)(H,22,24). The number of hydrogen-bond acceptors (Lipinski definition) is 7. The molecule has 0 aliphatic rings. The molecule has 0 radical (unpaired) electrons. The van der Waals surface area contributed by atoms with Crippen LogP contribution in [0.15, 0.2) is 47.4 Å². The van der Waals surface area contributed by atoms with E-state index in [0.717, 1.165) is 30.7 Å². The van der Waals surface area contributed by atoms with Crippen molar-refractivity contribution in [3.63, 3.8) is 0 Å². The first-order chi connectivity index (χ1) is 14.3. The molecule has 3 N–H and O–H groups in total. The van der Waals surface area contributed by atoms with Crippen molar-refractivity contribution in [3.8, 4) is 0 Å². The SMILES string of the molecule is CCCCOC(=O)c1ccc(NC(=O)CSc2ccc(C(N)=O)cc2[N+](=O)[O-])cc1. The second kappa shape index (κ2) is 11.0. The minimum Gasteiger partial charge on any atom is -0.462 e. The Labute approximate surface area is 177 Å². The van der Waals surface area contributed by atoms with E-state index in [1.54, 1.807) is 24.3 Å². The van der Waals surface area contributed by atoms with Crippen molar-refractivity contribution >= 4 is 40.9 Å². The van der Waals surface area contributed by atoms with Gasteiger partial charge in [0.05, 0.1) is 27.7 Å². The zero-order valence-corrected chi connectivity index (χ0v) is 17.1. The molecule has 30 heavy (non-hydrogen) atoms. The van der Waals surface area contributed by atoms with Gasteiger partial charge in [-0.25, -0.2) is 4.79 Å². The van der Waals surface area contributed by atoms with Crippen LogP contribution in [-0.4, -0.2) is 35.1 Å². The summed E-state index contributed by atoms with van der Waals surface area (Å²) in [5, 5.41) is 13.9. The second-order valence-corrected chi connectivity index (χ2v) is 7.22. The van der Waals surface area contributed by atoms with Crippen molar-refractivity contribution in [1.29, 1.82) is 0 Å². The van der Waals surface area contributed by atoms with Crippen LogP contribution < -0.4 is 11.1 Å². The number of esters is 1. The van der Waals surface area contributed by atoms with E-state index in [1.165, 1.54) is 12.1 Å². The number of rotatable bonds is 10. The molecule has 0 spiro atoms. The number of ether oxygens (including phenoxy) is 1. The van der Waals surface area contributed by atoms with Gasteiger partial charge in [-0.2, -0.15) is 0 Å². The Morgan fingerprint density at radius 3 is 2.40 bits per heavy atom. The van der Waals surface area contributed by atoms with Crippen LogP contribution in [0.2, 0.25) is 0 Å². The van der Waals surface area contributed by atoms with Crippen molar-refractivity contribution in [1.82, 2.24) is 0 Å². The summed E-state index contributed by atoms with van der Waals surface area (Å²) in [5.41, 5.74) is 5.71. The van der Waals surface area contributed by atoms with E-state index in [1.807, 2.05) is 6.92 Å². The van der Waals surface area contributed by atoms with E-state index in [-0.39, 0.29) is 27.8 Å². The summed E-state index contributed by atoms with van der Waals surface area (Å²) < 4.78 is 5.12. The largest absolute Gasteiger partial charge is 0.462 e. The summed E-state index contributed by atoms with van der Waals surface area (Å²) >= 11 is 0.962. The maximum Gasteiger partial charge on any atom is 0.338 e. The van der Waals surface area contributed by atoms with Crippen LogP contribution in [0.4, 0.5) is 11.4 Å². The summed E-state index contributed by atoms with van der Waals surface area (Å²) in [6.07, 6.45) is 1.72. The molecule has 0 unspecified atom stereocenters. The van der Waals surface area contributed by atoms with E-state index >= 15 is 0 Å². The average Bonchev–Trinajstić information content (AvgIpc) is 2.72. The van der Waals surface area contributed by atoms with Gasteiger partial charge in [-0.05, 0) is 42.8 Å². The number of nitro benzene ring substituents is 1. The fourth-order valence-corrected chi connectivity index (χ4v) is 3.16. The Bertz CT molecular complexity index is 946. The summed E-state index contributed by atoms with van der Waals surface area (Å²) in [5.74, 6) is -1.67. The molecule has 0 aliphatic heterocycles. The summed E-state index contributed by atoms with van der Waals surface area (Å²) in [4.78, 5) is 46.0. The van der Waals surface area contributed by atoms with Crippen molar-refractivity contribution in [2.24, 2.45) is 5.73 Å². The Kier molecular flexibility index (Phi) is 8.36. The monoisotopic (exact) mass is 431 g/mol. The van der Waals surface area contributed by atoms with Gasteiger partial charge in [0.1, 0.15) is 0 Å². The minimum atomic E-state index is -0.773. The third-order valence-electron chi connectivity index (χ3n) is 3.93. The van der Waals surface area contributed by atoms with Gasteiger partial charge in [0.2, 0.25) is 11.8 Å². The normalized spacial score (nSPS) is 10.3. The Hall–Kier alpha value is -3.40. The highest BCUT2D eigenvalue weighted by Gasteiger charge is 2.18. The molecular formula is C20H21N3O6S. The number of anilines is 1. The number of nitrogens with one attached hydrogen (secondary N) is 1. The van der Waals surface area contributed by atoms with Gasteiger partial charge < -0.3 is 15.8 Å². The predicted molar refractivity (Wildman–Crippen MR) is 113 cm³/mol. The van der Waals surface area contributed by atoms with E-state index in [2.05, 4.69) is 5.32 Å². The molecule has 0 saturated carbocycles. The minimum absolute atomic E-state index is 0.0174. The molecule has 2 rings (SSSR count). The lowest BCUT2D eigenvalue weighted by Crippen LogP contribution is -2.14. The van der Waals surface area contributed by atoms with Crippen LogP contribution in [0.3, 0.4) is 0 Å². The Morgan fingerprint density at radius 1 is 1.13 bits per heavy atom. The van der Waals surface area contributed by atoms with E-state index < -0.39 is 16.8 Å². The number of primary amides is 1. The van der Waals surface area contributed by atoms with Crippen molar-refractivity contribution in [3.05, 3.63) is 63.7 Å². The van der Waals surface area contributed by atoms with Gasteiger partial charge in [-0.3, -0.25) is 19.7 Å². The molecule has 0 bridgehead atoms. The van der Waals surface area contributed by atoms with Crippen molar-refractivity contribution in [2.45, 2.75) is 24.7 Å². The van der Waals surface area contributed by atoms with Gasteiger partial charge >= 0.3 is 5.97 Å². The third-order valence-corrected chi connectivity index (χ3v) is 5.00. The van der Waals surface area contributed by atoms with Crippen LogP contribution in [0, 0.1) is 10.1 Å². The molecule has 158 valence electrons. The third kappa shape index (κ3) is 6.59. The second-order valence-electron chi connectivity index (χ2n) is 6.21. The first-order valence-corrected chi connectivity index (χ1v) is 10.1. The molecule has 0 aromatic heterocycles. The zero-order valence-electron chi connectivity index (χ0n) is 16.3. The lowest BCUT2D eigenvalue weighted by Gasteiger charge is -2.08. The Morgan fingerprint density at radius 2 is 1.80 bits per heavy atom. The number of carbonyl (C=O) groups excluding carboxylic acids is 3. The fraction of sp³-hybridized carbons (Fsp3) is 0.250. The molecule has 0 atom stereocenters. The number of nitrogens with zero attached hydrogens (tertiary/aromatic N) is 1. The number of thioether (sulfide) groups is 1. The lowest BCUT2D eigenvalue weighted by atomic mass is 10.2. The van der Waals surface area contributed by atoms with E-state index in [0.29, 0.717) is 17.9 Å². The number of nitro groups is 1. The molecule has 10 heteroatoms. The quantitative estimate of drug-likeness (QED) is 0.193. The topological polar surface area (TPSA) is 142 Å². The molecule has 2 aromatic rings. The molecule has 0 fully saturated rings. The summed E-state index contributed by atoms with van der Waals surface area (Å²) in [6, 6.07) is 10.1. The van der Waals surface area contributed by atoms with Crippen molar-refractivity contribution < 1.29 is 24.0 Å². The van der Waals surface area contributed by atoms with Crippen LogP contribution in [0.1, 0.15) is 40.5 Å². The smallest absolute Gasteiger partial charge is 0.338 e. The number of hydrogen-bond donors (Lipinski definition) is 2. The van der Waals surface area contributed by atoms with E-state index in [4.69, 9.17) is 10.5 Å². The molecule has 2 aromatic carbocycles. The molecule has 0 saturated heterocycles. The molecule has 2 amide bonds. The summed E-state index contributed by atoms with van der Waals surface area (Å²) in [7, 11) is 0. The molecule has 9 nitrogen and oxygen atoms in total. The van der Waals surface area contributed by atoms with Crippen LogP contribution in [0.25, 0.3) is 0 Å². The highest BCUT2D eigenvalue weighted by molar-refractivity contribution is 8.00. The van der Waals surface area contributed by atoms with Gasteiger partial charge in [-0.1, -0.05) is 13.3 Å². The first kappa shape index (κ1) is 22.9. The average molecular weight is 431 g/mol. The van der Waals surface area contributed by atoms with Gasteiger partial charge in [0.15, 0.2) is 0 Å². The summed E-state index contributed by atoms with van der Waals surface area (Å²) in [6.45, 7) is 2.36. The Balaban J connectivity index is 1.94. The highest BCUT2D eigenvalue weighted by Crippen LogP contribution is 2.30. The fourth-order valence-electron chi connectivity index (χ4n) is 2.36. The molecule has 0 heterocycles. The van der Waals surface area contributed by atoms with Crippen LogP contribution in [0.5, 0.6) is 0 Å². The van der Waals surface area contributed by atoms with Gasteiger partial charge in [-0.15, -0.1) is 11.8 Å². The van der Waals surface area contributed by atoms with Gasteiger partial charge in [0, 0.05) is 17.3 Å². The number of unbranched alkanes of at least 4 members (excludes halogenated alkanes) is 1. The maximum absolute atomic E-state index is 12.2. The van der Waals surface area contributed by atoms with Crippen molar-refractivity contribution in [2.75, 3.05) is 17.7 Å². The maximum atomic E-state index is 12.2. The first-order valence-electron chi connectivity index (χ1n) is 9.10. The number of nitrogens with two attached hydrogens (primary N) is 1. The molecular weight excluding hydrogens is 410 g/mol. The van der Waals surface area contributed by atoms with E-state index in [9.17, 15) is 24.5 Å². The predicted octanol–water partition coefficient (Wildman–Crippen LogP) is 3.38. The number of benzene rings is 2. The lowest BCUT2D eigenvalue weighted by molar-refractivity contribution is -0.387. The number of amides is 2. The molecule has 0 aliphatic carbocycles.